The average Bonchev–Trinajstić information content (AvgIpc) is 3.46. The summed E-state index contributed by atoms with van der Waals surface area (Å²) in [5.41, 5.74) is 3.52. The van der Waals surface area contributed by atoms with Crippen molar-refractivity contribution in [1.82, 2.24) is 24.2 Å². The zero-order valence-electron chi connectivity index (χ0n) is 16.6. The minimum Gasteiger partial charge on any atom is -0.359 e. The van der Waals surface area contributed by atoms with Crippen LogP contribution in [0, 0.1) is 6.92 Å². The third-order valence-electron chi connectivity index (χ3n) is 5.75. The third kappa shape index (κ3) is 2.93. The molecule has 3 aromatic heterocycles. The van der Waals surface area contributed by atoms with E-state index in [9.17, 15) is 4.79 Å². The Kier molecular flexibility index (Phi) is 4.23. The first-order valence-corrected chi connectivity index (χ1v) is 9.99. The fourth-order valence-corrected chi connectivity index (χ4v) is 4.32. The molecule has 0 fully saturated rings. The molecule has 1 aliphatic heterocycles. The van der Waals surface area contributed by atoms with Crippen LogP contribution < -0.4 is 0 Å². The van der Waals surface area contributed by atoms with Gasteiger partial charge in [0.25, 0.3) is 5.91 Å². The van der Waals surface area contributed by atoms with Crippen molar-refractivity contribution in [3.8, 4) is 0 Å². The Bertz CT molecular complexity index is 1180. The van der Waals surface area contributed by atoms with Crippen molar-refractivity contribution in [2.24, 2.45) is 0 Å². The molecule has 0 radical (unpaired) electrons. The van der Waals surface area contributed by atoms with Gasteiger partial charge in [-0.3, -0.25) is 4.79 Å². The molecule has 1 aliphatic rings. The average molecular weight is 389 g/mol. The van der Waals surface area contributed by atoms with E-state index < -0.39 is 0 Å². The molecule has 0 saturated carbocycles. The second-order valence-corrected chi connectivity index (χ2v) is 7.46. The number of amides is 1. The zero-order valence-corrected chi connectivity index (χ0v) is 16.6. The molecule has 7 heteroatoms. The number of rotatable bonds is 4. The summed E-state index contributed by atoms with van der Waals surface area (Å²) in [5, 5.41) is 4.09. The molecule has 0 spiro atoms. The number of aryl methyl sites for hydroxylation is 1. The van der Waals surface area contributed by atoms with E-state index in [1.807, 2.05) is 42.2 Å². The van der Waals surface area contributed by atoms with Crippen molar-refractivity contribution in [2.45, 2.75) is 39.4 Å². The third-order valence-corrected chi connectivity index (χ3v) is 5.75. The molecular formula is C22H23N5O2. The van der Waals surface area contributed by atoms with E-state index in [0.29, 0.717) is 24.5 Å². The summed E-state index contributed by atoms with van der Waals surface area (Å²) >= 11 is 0. The number of nitrogens with zero attached hydrogens (tertiary/aromatic N) is 5. The molecule has 1 aromatic carbocycles. The van der Waals surface area contributed by atoms with Crippen molar-refractivity contribution in [3.05, 3.63) is 71.6 Å². The molecule has 4 heterocycles. The van der Waals surface area contributed by atoms with Crippen LogP contribution in [-0.4, -0.2) is 36.6 Å². The highest BCUT2D eigenvalue weighted by molar-refractivity contribution is 5.92. The summed E-state index contributed by atoms with van der Waals surface area (Å²) in [4.78, 5) is 19.7. The van der Waals surface area contributed by atoms with E-state index in [4.69, 9.17) is 4.52 Å². The largest absolute Gasteiger partial charge is 0.359 e. The zero-order chi connectivity index (χ0) is 20.0. The van der Waals surface area contributed by atoms with E-state index in [0.717, 1.165) is 29.8 Å². The minimum absolute atomic E-state index is 0.0613. The highest BCUT2D eigenvalue weighted by atomic mass is 16.5. The van der Waals surface area contributed by atoms with E-state index in [1.54, 1.807) is 6.07 Å². The van der Waals surface area contributed by atoms with Crippen LogP contribution in [0.3, 0.4) is 0 Å². The number of aromatic nitrogens is 4. The smallest absolute Gasteiger partial charge is 0.276 e. The molecule has 5 rings (SSSR count). The second kappa shape index (κ2) is 6.92. The van der Waals surface area contributed by atoms with Gasteiger partial charge in [0.15, 0.2) is 11.5 Å². The van der Waals surface area contributed by atoms with Crippen molar-refractivity contribution < 1.29 is 9.32 Å². The first kappa shape index (κ1) is 17.7. The SMILES string of the molecule is CC[C@H]1c2cccn2CCN1C(=O)c1cc(Cn2c(C)nc3ccccc32)on1. The molecule has 0 N–H and O–H groups in total. The predicted octanol–water partition coefficient (Wildman–Crippen LogP) is 3.79. The van der Waals surface area contributed by atoms with Gasteiger partial charge in [0, 0.05) is 31.0 Å². The Hall–Kier alpha value is -3.35. The van der Waals surface area contributed by atoms with Crippen molar-refractivity contribution in [1.29, 1.82) is 0 Å². The van der Waals surface area contributed by atoms with Gasteiger partial charge in [0.05, 0.1) is 23.6 Å². The number of benzene rings is 1. The maximum absolute atomic E-state index is 13.2. The van der Waals surface area contributed by atoms with Crippen LogP contribution in [0.15, 0.2) is 53.2 Å². The van der Waals surface area contributed by atoms with Gasteiger partial charge in [-0.2, -0.15) is 0 Å². The highest BCUT2D eigenvalue weighted by Crippen LogP contribution is 2.30. The highest BCUT2D eigenvalue weighted by Gasteiger charge is 2.31. The van der Waals surface area contributed by atoms with Gasteiger partial charge in [0.2, 0.25) is 0 Å². The normalized spacial score (nSPS) is 16.3. The topological polar surface area (TPSA) is 69.1 Å². The summed E-state index contributed by atoms with van der Waals surface area (Å²) in [6, 6.07) is 13.9. The van der Waals surface area contributed by atoms with Gasteiger partial charge < -0.3 is 18.6 Å². The first-order chi connectivity index (χ1) is 14.2. The van der Waals surface area contributed by atoms with Gasteiger partial charge in [0.1, 0.15) is 5.82 Å². The second-order valence-electron chi connectivity index (χ2n) is 7.46. The molecule has 148 valence electrons. The van der Waals surface area contributed by atoms with E-state index in [2.05, 4.69) is 38.5 Å². The molecule has 0 saturated heterocycles. The lowest BCUT2D eigenvalue weighted by Gasteiger charge is -2.36. The lowest BCUT2D eigenvalue weighted by Crippen LogP contribution is -2.41. The van der Waals surface area contributed by atoms with Crippen LogP contribution >= 0.6 is 0 Å². The fourth-order valence-electron chi connectivity index (χ4n) is 4.32. The van der Waals surface area contributed by atoms with Crippen LogP contribution in [0.5, 0.6) is 0 Å². The van der Waals surface area contributed by atoms with Crippen molar-refractivity contribution in [3.63, 3.8) is 0 Å². The summed E-state index contributed by atoms with van der Waals surface area (Å²) in [6.07, 6.45) is 2.94. The number of para-hydroxylation sites is 2. The van der Waals surface area contributed by atoms with E-state index in [1.165, 1.54) is 5.69 Å². The number of carbonyl (C=O) groups excluding carboxylic acids is 1. The van der Waals surface area contributed by atoms with Crippen LogP contribution in [0.4, 0.5) is 0 Å². The Morgan fingerprint density at radius 3 is 2.93 bits per heavy atom. The molecule has 4 aromatic rings. The lowest BCUT2D eigenvalue weighted by atomic mass is 10.1. The quantitative estimate of drug-likeness (QED) is 0.532. The van der Waals surface area contributed by atoms with Crippen LogP contribution in [0.2, 0.25) is 0 Å². The summed E-state index contributed by atoms with van der Waals surface area (Å²) in [5.74, 6) is 1.47. The Morgan fingerprint density at radius 1 is 1.21 bits per heavy atom. The van der Waals surface area contributed by atoms with E-state index >= 15 is 0 Å². The molecule has 7 nitrogen and oxygen atoms in total. The van der Waals surface area contributed by atoms with Crippen LogP contribution in [0.1, 0.15) is 47.2 Å². The number of hydrogen-bond donors (Lipinski definition) is 0. The first-order valence-electron chi connectivity index (χ1n) is 9.99. The Morgan fingerprint density at radius 2 is 2.07 bits per heavy atom. The molecule has 0 aliphatic carbocycles. The number of hydrogen-bond acceptors (Lipinski definition) is 4. The maximum Gasteiger partial charge on any atom is 0.276 e. The van der Waals surface area contributed by atoms with Crippen molar-refractivity contribution in [2.75, 3.05) is 6.54 Å². The number of fused-ring (bicyclic) bond motifs is 2. The molecular weight excluding hydrogens is 366 g/mol. The Labute approximate surface area is 168 Å². The number of imidazole rings is 1. The summed E-state index contributed by atoms with van der Waals surface area (Å²) < 4.78 is 9.82. The van der Waals surface area contributed by atoms with E-state index in [-0.39, 0.29) is 11.9 Å². The standard InChI is InChI=1S/C22H23N5O2/c1-3-19-21-9-6-10-25(21)11-12-26(19)22(28)18-13-16(29-24-18)14-27-15(2)23-17-7-4-5-8-20(17)27/h4-10,13,19H,3,11-12,14H2,1-2H3/t19-/m0/s1. The summed E-state index contributed by atoms with van der Waals surface area (Å²) in [7, 11) is 0. The van der Waals surface area contributed by atoms with Gasteiger partial charge in [-0.05, 0) is 37.6 Å². The van der Waals surface area contributed by atoms with Crippen LogP contribution in [-0.2, 0) is 13.1 Å². The molecule has 0 unspecified atom stereocenters. The molecule has 1 atom stereocenters. The monoisotopic (exact) mass is 389 g/mol. The van der Waals surface area contributed by atoms with Crippen LogP contribution in [0.25, 0.3) is 11.0 Å². The molecule has 29 heavy (non-hydrogen) atoms. The van der Waals surface area contributed by atoms with Gasteiger partial charge >= 0.3 is 0 Å². The fraction of sp³-hybridized carbons (Fsp3) is 0.318. The van der Waals surface area contributed by atoms with Crippen molar-refractivity contribution >= 4 is 16.9 Å². The summed E-state index contributed by atoms with van der Waals surface area (Å²) in [6.45, 7) is 6.04. The van der Waals surface area contributed by atoms with Gasteiger partial charge in [-0.1, -0.05) is 24.2 Å². The number of carbonyl (C=O) groups is 1. The minimum atomic E-state index is -0.0773. The lowest BCUT2D eigenvalue weighted by molar-refractivity contribution is 0.0607. The molecule has 0 bridgehead atoms. The van der Waals surface area contributed by atoms with Gasteiger partial charge in [-0.15, -0.1) is 0 Å². The Balaban J connectivity index is 1.40. The maximum atomic E-state index is 13.2. The molecule has 1 amide bonds. The van der Waals surface area contributed by atoms with Gasteiger partial charge in [-0.25, -0.2) is 4.98 Å². The predicted molar refractivity (Wildman–Crippen MR) is 109 cm³/mol.